The Labute approximate surface area is 92.4 Å². The molecule has 0 amide bonds. The molecule has 0 aromatic carbocycles. The van der Waals surface area contributed by atoms with Gasteiger partial charge in [0.2, 0.25) is 0 Å². The molecule has 3 rings (SSSR count). The molecule has 0 radical (unpaired) electrons. The summed E-state index contributed by atoms with van der Waals surface area (Å²) in [7, 11) is 0. The number of hydrogen-bond donors (Lipinski definition) is 2. The Bertz CT molecular complexity index is 503. The van der Waals surface area contributed by atoms with E-state index in [1.54, 1.807) is 12.4 Å². The first-order chi connectivity index (χ1) is 7.83. The molecule has 0 saturated carbocycles. The fraction of sp³-hybridized carbons (Fsp3) is 0.400. The van der Waals surface area contributed by atoms with Gasteiger partial charge in [-0.3, -0.25) is 0 Å². The summed E-state index contributed by atoms with van der Waals surface area (Å²) in [4.78, 5) is 8.51. The van der Waals surface area contributed by atoms with Gasteiger partial charge in [0, 0.05) is 19.0 Å². The molecule has 6 heteroatoms. The molecular formula is C10H13N5O. The van der Waals surface area contributed by atoms with Gasteiger partial charge in [-0.25, -0.2) is 9.97 Å². The van der Waals surface area contributed by atoms with Gasteiger partial charge < -0.3 is 20.2 Å². The number of anilines is 2. The number of nitrogens with zero attached hydrogens (tertiary/aromatic N) is 3. The lowest BCUT2D eigenvalue weighted by molar-refractivity contribution is 0.195. The molecule has 1 aliphatic rings. The van der Waals surface area contributed by atoms with Crippen molar-refractivity contribution in [2.45, 2.75) is 12.5 Å². The predicted molar refractivity (Wildman–Crippen MR) is 60.2 cm³/mol. The molecule has 1 fully saturated rings. The van der Waals surface area contributed by atoms with Crippen LogP contribution in [0.1, 0.15) is 6.42 Å². The van der Waals surface area contributed by atoms with Gasteiger partial charge in [-0.2, -0.15) is 0 Å². The van der Waals surface area contributed by atoms with Gasteiger partial charge in [-0.05, 0) is 6.42 Å². The van der Waals surface area contributed by atoms with Crippen molar-refractivity contribution in [3.8, 4) is 0 Å². The predicted octanol–water partition coefficient (Wildman–Crippen LogP) is 0.512. The van der Waals surface area contributed by atoms with Gasteiger partial charge in [-0.15, -0.1) is 0 Å². The summed E-state index contributed by atoms with van der Waals surface area (Å²) >= 11 is 0. The van der Waals surface area contributed by atoms with Crippen LogP contribution >= 0.6 is 0 Å². The summed E-state index contributed by atoms with van der Waals surface area (Å²) in [6, 6.07) is 0.301. The number of nitrogen functional groups attached to an aromatic ring is 1. The molecule has 3 N–H and O–H groups in total. The van der Waals surface area contributed by atoms with Crippen LogP contribution in [-0.2, 0) is 4.74 Å². The van der Waals surface area contributed by atoms with Gasteiger partial charge >= 0.3 is 0 Å². The molecule has 0 spiro atoms. The van der Waals surface area contributed by atoms with Crippen molar-refractivity contribution in [3.63, 3.8) is 0 Å². The van der Waals surface area contributed by atoms with Crippen LogP contribution in [0.25, 0.3) is 5.65 Å². The molecule has 1 unspecified atom stereocenters. The van der Waals surface area contributed by atoms with Crippen molar-refractivity contribution in [1.29, 1.82) is 0 Å². The molecule has 1 aliphatic heterocycles. The maximum atomic E-state index is 5.73. The Hall–Kier alpha value is -1.82. The van der Waals surface area contributed by atoms with Crippen molar-refractivity contribution in [1.82, 2.24) is 14.4 Å². The highest BCUT2D eigenvalue weighted by atomic mass is 16.5. The standard InChI is InChI=1S/C10H13N5O/c11-8-5-15-3-2-12-10(15)9(14-8)13-7-1-4-16-6-7/h2-3,5,7H,1,4,6,11H2,(H,13,14). The van der Waals surface area contributed by atoms with Crippen molar-refractivity contribution in [2.75, 3.05) is 24.3 Å². The average molecular weight is 219 g/mol. The van der Waals surface area contributed by atoms with Crippen LogP contribution < -0.4 is 11.1 Å². The number of nitrogens with one attached hydrogen (secondary N) is 1. The summed E-state index contributed by atoms with van der Waals surface area (Å²) in [6.45, 7) is 1.51. The normalized spacial score (nSPS) is 20.4. The minimum atomic E-state index is 0.301. The molecule has 16 heavy (non-hydrogen) atoms. The average Bonchev–Trinajstić information content (AvgIpc) is 2.87. The van der Waals surface area contributed by atoms with Gasteiger partial charge in [0.15, 0.2) is 11.5 Å². The largest absolute Gasteiger partial charge is 0.382 e. The van der Waals surface area contributed by atoms with Crippen LogP contribution in [0, 0.1) is 0 Å². The third kappa shape index (κ3) is 1.57. The van der Waals surface area contributed by atoms with E-state index in [0.717, 1.165) is 24.5 Å². The first-order valence-corrected chi connectivity index (χ1v) is 5.26. The van der Waals surface area contributed by atoms with E-state index in [2.05, 4.69) is 15.3 Å². The smallest absolute Gasteiger partial charge is 0.180 e. The molecular weight excluding hydrogens is 206 g/mol. The van der Waals surface area contributed by atoms with Gasteiger partial charge in [-0.1, -0.05) is 0 Å². The second kappa shape index (κ2) is 3.64. The van der Waals surface area contributed by atoms with E-state index in [0.29, 0.717) is 18.5 Å². The summed E-state index contributed by atoms with van der Waals surface area (Å²) in [5.74, 6) is 1.20. The Morgan fingerprint density at radius 1 is 1.56 bits per heavy atom. The van der Waals surface area contributed by atoms with E-state index in [1.807, 2.05) is 10.6 Å². The Morgan fingerprint density at radius 3 is 3.31 bits per heavy atom. The van der Waals surface area contributed by atoms with Crippen LogP contribution in [0.4, 0.5) is 11.6 Å². The first-order valence-electron chi connectivity index (χ1n) is 5.26. The molecule has 1 atom stereocenters. The molecule has 6 nitrogen and oxygen atoms in total. The molecule has 1 saturated heterocycles. The monoisotopic (exact) mass is 219 g/mol. The number of fused-ring (bicyclic) bond motifs is 1. The zero-order valence-corrected chi connectivity index (χ0v) is 8.76. The highest BCUT2D eigenvalue weighted by molar-refractivity contribution is 5.65. The van der Waals surface area contributed by atoms with E-state index in [-0.39, 0.29) is 0 Å². The van der Waals surface area contributed by atoms with Crippen molar-refractivity contribution < 1.29 is 4.74 Å². The van der Waals surface area contributed by atoms with Gasteiger partial charge in [0.1, 0.15) is 5.82 Å². The third-order valence-corrected chi connectivity index (χ3v) is 2.66. The number of ether oxygens (including phenoxy) is 1. The van der Waals surface area contributed by atoms with E-state index < -0.39 is 0 Å². The minimum absolute atomic E-state index is 0.301. The molecule has 0 bridgehead atoms. The number of hydrogen-bond acceptors (Lipinski definition) is 5. The summed E-state index contributed by atoms with van der Waals surface area (Å²) in [5, 5.41) is 3.31. The van der Waals surface area contributed by atoms with E-state index in [4.69, 9.17) is 10.5 Å². The first kappa shape index (κ1) is 9.41. The van der Waals surface area contributed by atoms with Gasteiger partial charge in [0.05, 0.1) is 18.8 Å². The number of nitrogens with two attached hydrogens (primary N) is 1. The van der Waals surface area contributed by atoms with E-state index in [1.165, 1.54) is 0 Å². The number of rotatable bonds is 2. The maximum Gasteiger partial charge on any atom is 0.180 e. The lowest BCUT2D eigenvalue weighted by atomic mass is 10.2. The molecule has 84 valence electrons. The second-order valence-electron chi connectivity index (χ2n) is 3.88. The maximum absolute atomic E-state index is 5.73. The fourth-order valence-corrected chi connectivity index (χ4v) is 1.89. The highest BCUT2D eigenvalue weighted by Crippen LogP contribution is 2.17. The topological polar surface area (TPSA) is 77.5 Å². The van der Waals surface area contributed by atoms with Crippen LogP contribution in [0.15, 0.2) is 18.6 Å². The van der Waals surface area contributed by atoms with E-state index in [9.17, 15) is 0 Å². The lowest BCUT2D eigenvalue weighted by Crippen LogP contribution is -2.20. The van der Waals surface area contributed by atoms with Crippen LogP contribution in [0.5, 0.6) is 0 Å². The zero-order valence-electron chi connectivity index (χ0n) is 8.76. The number of aromatic nitrogens is 3. The zero-order chi connectivity index (χ0) is 11.0. The number of imidazole rings is 1. The van der Waals surface area contributed by atoms with Crippen LogP contribution in [-0.4, -0.2) is 33.6 Å². The van der Waals surface area contributed by atoms with Crippen LogP contribution in [0.3, 0.4) is 0 Å². The Balaban J connectivity index is 1.97. The molecule has 3 heterocycles. The quantitative estimate of drug-likeness (QED) is 0.769. The van der Waals surface area contributed by atoms with Crippen molar-refractivity contribution in [3.05, 3.63) is 18.6 Å². The second-order valence-corrected chi connectivity index (χ2v) is 3.88. The van der Waals surface area contributed by atoms with E-state index >= 15 is 0 Å². The molecule has 0 aliphatic carbocycles. The molecule has 2 aromatic heterocycles. The summed E-state index contributed by atoms with van der Waals surface area (Å²) in [6.07, 6.45) is 6.32. The fourth-order valence-electron chi connectivity index (χ4n) is 1.89. The lowest BCUT2D eigenvalue weighted by Gasteiger charge is -2.12. The van der Waals surface area contributed by atoms with Gasteiger partial charge in [0.25, 0.3) is 0 Å². The van der Waals surface area contributed by atoms with Crippen molar-refractivity contribution >= 4 is 17.3 Å². The summed E-state index contributed by atoms with van der Waals surface area (Å²) in [5.41, 5.74) is 6.52. The van der Waals surface area contributed by atoms with Crippen molar-refractivity contribution in [2.24, 2.45) is 0 Å². The molecule has 2 aromatic rings. The Kier molecular flexibility index (Phi) is 2.14. The minimum Gasteiger partial charge on any atom is -0.382 e. The van der Waals surface area contributed by atoms with Crippen LogP contribution in [0.2, 0.25) is 0 Å². The highest BCUT2D eigenvalue weighted by Gasteiger charge is 2.17. The summed E-state index contributed by atoms with van der Waals surface area (Å²) < 4.78 is 7.17. The Morgan fingerprint density at radius 2 is 2.50 bits per heavy atom. The third-order valence-electron chi connectivity index (χ3n) is 2.66. The SMILES string of the molecule is Nc1cn2ccnc2c(NC2CCOC2)n1.